The van der Waals surface area contributed by atoms with E-state index in [1.807, 2.05) is 13.1 Å². The van der Waals surface area contributed by atoms with Crippen molar-refractivity contribution < 1.29 is 4.84 Å². The van der Waals surface area contributed by atoms with Gasteiger partial charge in [-0.25, -0.2) is 0 Å². The van der Waals surface area contributed by atoms with Gasteiger partial charge >= 0.3 is 0 Å². The molecule has 0 aromatic carbocycles. The predicted octanol–water partition coefficient (Wildman–Crippen LogP) is 3.00. The van der Waals surface area contributed by atoms with Gasteiger partial charge in [-0.1, -0.05) is 23.7 Å². The number of oxime groups is 1. The summed E-state index contributed by atoms with van der Waals surface area (Å²) in [6.45, 7) is 7.05. The minimum absolute atomic E-state index is 0.565. The van der Waals surface area contributed by atoms with Gasteiger partial charge in [0.1, 0.15) is 6.61 Å². The Kier molecular flexibility index (Phi) is 4.00. The van der Waals surface area contributed by atoms with Crippen molar-refractivity contribution in [1.82, 2.24) is 0 Å². The van der Waals surface area contributed by atoms with Crippen LogP contribution in [-0.4, -0.2) is 12.8 Å². The largest absolute Gasteiger partial charge is 0.396 e. The quantitative estimate of drug-likeness (QED) is 0.372. The molecule has 0 spiro atoms. The van der Waals surface area contributed by atoms with E-state index >= 15 is 0 Å². The molecule has 1 aliphatic rings. The van der Waals surface area contributed by atoms with Gasteiger partial charge in [-0.15, -0.1) is 0 Å². The van der Waals surface area contributed by atoms with E-state index in [9.17, 15) is 0 Å². The molecule has 13 heavy (non-hydrogen) atoms. The molecule has 2 nitrogen and oxygen atoms in total. The Morgan fingerprint density at radius 2 is 2.46 bits per heavy atom. The molecule has 0 radical (unpaired) electrons. The zero-order chi connectivity index (χ0) is 9.68. The van der Waals surface area contributed by atoms with Crippen LogP contribution in [0.3, 0.4) is 0 Å². The first-order valence-corrected chi connectivity index (χ1v) is 5.06. The highest BCUT2D eigenvalue weighted by Gasteiger charge is 2.17. The summed E-state index contributed by atoms with van der Waals surface area (Å²) in [6, 6.07) is 0. The van der Waals surface area contributed by atoms with Crippen molar-refractivity contribution in [3.05, 3.63) is 11.6 Å². The van der Waals surface area contributed by atoms with E-state index in [2.05, 4.69) is 25.1 Å². The average Bonchev–Trinajstić information content (AvgIpc) is 2.09. The molecule has 1 rings (SSSR count). The highest BCUT2D eigenvalue weighted by molar-refractivity contribution is 5.61. The first-order valence-electron chi connectivity index (χ1n) is 5.06. The smallest absolute Gasteiger partial charge is 0.114 e. The van der Waals surface area contributed by atoms with E-state index in [4.69, 9.17) is 4.84 Å². The maximum absolute atomic E-state index is 4.96. The molecule has 1 aliphatic carbocycles. The van der Waals surface area contributed by atoms with Crippen LogP contribution in [0.15, 0.2) is 16.8 Å². The van der Waals surface area contributed by atoms with Crippen molar-refractivity contribution in [2.24, 2.45) is 17.0 Å². The van der Waals surface area contributed by atoms with Crippen LogP contribution in [0.5, 0.6) is 0 Å². The standard InChI is InChI=1S/C11H19NO/c1-4-13-12-8-11-6-5-9(2)7-10(11)3/h7-8,10-11H,4-6H2,1-3H3. The van der Waals surface area contributed by atoms with Gasteiger partial charge in [-0.05, 0) is 32.6 Å². The Morgan fingerprint density at radius 1 is 1.69 bits per heavy atom. The summed E-state index contributed by atoms with van der Waals surface area (Å²) in [5, 5.41) is 3.93. The number of allylic oxidation sites excluding steroid dienone is 2. The second-order valence-electron chi connectivity index (χ2n) is 3.75. The van der Waals surface area contributed by atoms with Crippen molar-refractivity contribution in [1.29, 1.82) is 0 Å². The number of nitrogens with zero attached hydrogens (tertiary/aromatic N) is 1. The Bertz CT molecular complexity index is 208. The van der Waals surface area contributed by atoms with Crippen molar-refractivity contribution >= 4 is 6.21 Å². The fraction of sp³-hybridized carbons (Fsp3) is 0.727. The van der Waals surface area contributed by atoms with Gasteiger partial charge in [0.15, 0.2) is 0 Å². The molecule has 2 unspecified atom stereocenters. The van der Waals surface area contributed by atoms with Gasteiger partial charge in [0.25, 0.3) is 0 Å². The summed E-state index contributed by atoms with van der Waals surface area (Å²) < 4.78 is 0. The van der Waals surface area contributed by atoms with Gasteiger partial charge in [-0.2, -0.15) is 0 Å². The highest BCUT2D eigenvalue weighted by Crippen LogP contribution is 2.26. The van der Waals surface area contributed by atoms with E-state index < -0.39 is 0 Å². The van der Waals surface area contributed by atoms with Crippen LogP contribution in [0.2, 0.25) is 0 Å². The molecule has 0 heterocycles. The van der Waals surface area contributed by atoms with Crippen molar-refractivity contribution in [2.75, 3.05) is 6.61 Å². The lowest BCUT2D eigenvalue weighted by Crippen LogP contribution is -2.16. The van der Waals surface area contributed by atoms with Crippen LogP contribution in [0.1, 0.15) is 33.6 Å². The Hall–Kier alpha value is -0.790. The third-order valence-corrected chi connectivity index (χ3v) is 2.55. The van der Waals surface area contributed by atoms with Crippen molar-refractivity contribution in [3.63, 3.8) is 0 Å². The summed E-state index contributed by atoms with van der Waals surface area (Å²) in [5.41, 5.74) is 1.51. The molecule has 0 amide bonds. The Morgan fingerprint density at radius 3 is 3.08 bits per heavy atom. The summed E-state index contributed by atoms with van der Waals surface area (Å²) in [4.78, 5) is 4.96. The van der Waals surface area contributed by atoms with Gasteiger partial charge < -0.3 is 4.84 Å². The zero-order valence-corrected chi connectivity index (χ0v) is 8.79. The normalized spacial score (nSPS) is 29.0. The fourth-order valence-electron chi connectivity index (χ4n) is 1.72. The topological polar surface area (TPSA) is 21.6 Å². The third kappa shape index (κ3) is 3.21. The molecule has 0 saturated heterocycles. The van der Waals surface area contributed by atoms with Crippen molar-refractivity contribution in [3.8, 4) is 0 Å². The second-order valence-corrected chi connectivity index (χ2v) is 3.75. The van der Waals surface area contributed by atoms with Crippen LogP contribution in [-0.2, 0) is 4.84 Å². The van der Waals surface area contributed by atoms with Crippen LogP contribution in [0.25, 0.3) is 0 Å². The van der Waals surface area contributed by atoms with Gasteiger partial charge in [0, 0.05) is 12.1 Å². The van der Waals surface area contributed by atoms with Crippen LogP contribution in [0.4, 0.5) is 0 Å². The molecule has 2 heteroatoms. The number of hydrogen-bond donors (Lipinski definition) is 0. The second kappa shape index (κ2) is 5.05. The predicted molar refractivity (Wildman–Crippen MR) is 55.8 cm³/mol. The zero-order valence-electron chi connectivity index (χ0n) is 8.79. The minimum Gasteiger partial charge on any atom is -0.396 e. The molecule has 0 bridgehead atoms. The highest BCUT2D eigenvalue weighted by atomic mass is 16.6. The van der Waals surface area contributed by atoms with Crippen LogP contribution >= 0.6 is 0 Å². The molecule has 0 aromatic heterocycles. The van der Waals surface area contributed by atoms with Gasteiger partial charge in [-0.3, -0.25) is 0 Å². The lowest BCUT2D eigenvalue weighted by Gasteiger charge is -2.22. The lowest BCUT2D eigenvalue weighted by molar-refractivity contribution is 0.158. The van der Waals surface area contributed by atoms with E-state index in [-0.39, 0.29) is 0 Å². The Labute approximate surface area is 80.7 Å². The lowest BCUT2D eigenvalue weighted by atomic mass is 9.83. The molecular weight excluding hydrogens is 162 g/mol. The monoisotopic (exact) mass is 181 g/mol. The molecule has 0 aliphatic heterocycles. The number of rotatable bonds is 3. The molecular formula is C11H19NO. The third-order valence-electron chi connectivity index (χ3n) is 2.55. The maximum atomic E-state index is 4.96. The maximum Gasteiger partial charge on any atom is 0.114 e. The van der Waals surface area contributed by atoms with Gasteiger partial charge in [0.2, 0.25) is 0 Å². The average molecular weight is 181 g/mol. The molecule has 74 valence electrons. The first-order chi connectivity index (χ1) is 6.24. The Balaban J connectivity index is 2.44. The summed E-state index contributed by atoms with van der Waals surface area (Å²) in [6.07, 6.45) is 6.70. The summed E-state index contributed by atoms with van der Waals surface area (Å²) >= 11 is 0. The van der Waals surface area contributed by atoms with E-state index in [0.717, 1.165) is 0 Å². The van der Waals surface area contributed by atoms with Crippen molar-refractivity contribution in [2.45, 2.75) is 33.6 Å². The fourth-order valence-corrected chi connectivity index (χ4v) is 1.72. The first kappa shape index (κ1) is 10.3. The number of hydrogen-bond acceptors (Lipinski definition) is 2. The van der Waals surface area contributed by atoms with Crippen LogP contribution < -0.4 is 0 Å². The summed E-state index contributed by atoms with van der Waals surface area (Å²) in [5.74, 6) is 1.17. The molecule has 0 fully saturated rings. The van der Waals surface area contributed by atoms with Gasteiger partial charge in [0.05, 0.1) is 0 Å². The van der Waals surface area contributed by atoms with E-state index in [0.29, 0.717) is 18.4 Å². The molecule has 0 saturated carbocycles. The molecule has 2 atom stereocenters. The molecule has 0 N–H and O–H groups in total. The van der Waals surface area contributed by atoms with Crippen LogP contribution in [0, 0.1) is 11.8 Å². The minimum atomic E-state index is 0.565. The van der Waals surface area contributed by atoms with E-state index in [1.54, 1.807) is 0 Å². The SMILES string of the molecule is CCON=CC1CCC(C)=CC1C. The molecule has 0 aromatic rings. The summed E-state index contributed by atoms with van der Waals surface area (Å²) in [7, 11) is 0. The van der Waals surface area contributed by atoms with E-state index in [1.165, 1.54) is 18.4 Å².